The molecule has 0 saturated heterocycles. The Morgan fingerprint density at radius 3 is 2.64 bits per heavy atom. The topological polar surface area (TPSA) is 78.3 Å². The zero-order valence-electron chi connectivity index (χ0n) is 18.8. The Bertz CT molecular complexity index is 1060. The van der Waals surface area contributed by atoms with Gasteiger partial charge in [0.2, 0.25) is 5.91 Å². The molecule has 0 bridgehead atoms. The standard InChI is InChI=1S/C25H29FN4O3/c1-2-32-15-16-33-25-28-23(19-9-6-10-20(26)17-19)30(29-25)22-13-11-21(12-14-22)27-24(31)18-7-4-3-5-8-18/h6,9-14,17-18H,2-5,7-8,15-16H2,1H3,(H,27,31). The van der Waals surface area contributed by atoms with E-state index in [1.165, 1.54) is 18.6 Å². The number of anilines is 1. The number of ether oxygens (including phenoxy) is 2. The van der Waals surface area contributed by atoms with Gasteiger partial charge in [0.05, 0.1) is 12.3 Å². The molecule has 0 atom stereocenters. The van der Waals surface area contributed by atoms with Crippen LogP contribution in [0.25, 0.3) is 17.1 Å². The molecule has 0 unspecified atom stereocenters. The van der Waals surface area contributed by atoms with Gasteiger partial charge in [-0.2, -0.15) is 4.98 Å². The number of nitrogens with zero attached hydrogens (tertiary/aromatic N) is 3. The van der Waals surface area contributed by atoms with E-state index in [4.69, 9.17) is 9.47 Å². The first kappa shape index (κ1) is 22.9. The minimum atomic E-state index is -0.360. The van der Waals surface area contributed by atoms with Crippen molar-refractivity contribution in [1.82, 2.24) is 14.8 Å². The summed E-state index contributed by atoms with van der Waals surface area (Å²) < 4.78 is 26.4. The van der Waals surface area contributed by atoms with Gasteiger partial charge in [0.1, 0.15) is 12.4 Å². The fourth-order valence-corrected chi connectivity index (χ4v) is 3.98. The van der Waals surface area contributed by atoms with Gasteiger partial charge >= 0.3 is 6.01 Å². The Kier molecular flexibility index (Phi) is 7.67. The van der Waals surface area contributed by atoms with E-state index >= 15 is 0 Å². The molecule has 1 amide bonds. The highest BCUT2D eigenvalue weighted by Crippen LogP contribution is 2.27. The summed E-state index contributed by atoms with van der Waals surface area (Å²) in [6.07, 6.45) is 5.33. The molecule has 0 radical (unpaired) electrons. The molecular formula is C25H29FN4O3. The number of amides is 1. The molecule has 0 aliphatic heterocycles. The van der Waals surface area contributed by atoms with Crippen molar-refractivity contribution >= 4 is 11.6 Å². The maximum atomic E-state index is 13.9. The Balaban J connectivity index is 1.54. The summed E-state index contributed by atoms with van der Waals surface area (Å²) in [6, 6.07) is 13.7. The van der Waals surface area contributed by atoms with Crippen LogP contribution in [0.15, 0.2) is 48.5 Å². The zero-order valence-corrected chi connectivity index (χ0v) is 18.8. The maximum Gasteiger partial charge on any atom is 0.336 e. The van der Waals surface area contributed by atoms with Crippen molar-refractivity contribution in [2.45, 2.75) is 39.0 Å². The minimum absolute atomic E-state index is 0.0774. The van der Waals surface area contributed by atoms with Gasteiger partial charge in [0.25, 0.3) is 0 Å². The van der Waals surface area contributed by atoms with Gasteiger partial charge in [-0.15, -0.1) is 5.10 Å². The predicted octanol–water partition coefficient (Wildman–Crippen LogP) is 5.01. The number of hydrogen-bond acceptors (Lipinski definition) is 5. The molecule has 1 aromatic heterocycles. The van der Waals surface area contributed by atoms with Gasteiger partial charge in [-0.1, -0.05) is 31.4 Å². The third-order valence-corrected chi connectivity index (χ3v) is 5.69. The van der Waals surface area contributed by atoms with E-state index in [-0.39, 0.29) is 23.7 Å². The molecule has 174 valence electrons. The molecular weight excluding hydrogens is 423 g/mol. The number of carbonyl (C=O) groups excluding carboxylic acids is 1. The summed E-state index contributed by atoms with van der Waals surface area (Å²) in [5.74, 6) is 0.264. The van der Waals surface area contributed by atoms with Crippen LogP contribution in [0.1, 0.15) is 39.0 Å². The summed E-state index contributed by atoms with van der Waals surface area (Å²) in [6.45, 7) is 3.25. The van der Waals surface area contributed by atoms with Crippen molar-refractivity contribution in [2.24, 2.45) is 5.92 Å². The van der Waals surface area contributed by atoms with E-state index < -0.39 is 0 Å². The number of hydrogen-bond donors (Lipinski definition) is 1. The fourth-order valence-electron chi connectivity index (χ4n) is 3.98. The molecule has 0 spiro atoms. The Labute approximate surface area is 192 Å². The van der Waals surface area contributed by atoms with Gasteiger partial charge < -0.3 is 14.8 Å². The number of benzene rings is 2. The van der Waals surface area contributed by atoms with Crippen LogP contribution >= 0.6 is 0 Å². The average Bonchev–Trinajstić information content (AvgIpc) is 3.27. The second kappa shape index (κ2) is 11.0. The Morgan fingerprint density at radius 2 is 1.91 bits per heavy atom. The first-order valence-corrected chi connectivity index (χ1v) is 11.5. The first-order chi connectivity index (χ1) is 16.1. The van der Waals surface area contributed by atoms with Crippen molar-refractivity contribution in [2.75, 3.05) is 25.1 Å². The van der Waals surface area contributed by atoms with Gasteiger partial charge in [-0.3, -0.25) is 4.79 Å². The fraction of sp³-hybridized carbons (Fsp3) is 0.400. The molecule has 7 nitrogen and oxygen atoms in total. The largest absolute Gasteiger partial charge is 0.460 e. The summed E-state index contributed by atoms with van der Waals surface area (Å²) in [4.78, 5) is 17.0. The maximum absolute atomic E-state index is 13.9. The SMILES string of the molecule is CCOCCOc1nc(-c2cccc(F)c2)n(-c2ccc(NC(=O)C3CCCCC3)cc2)n1. The summed E-state index contributed by atoms with van der Waals surface area (Å²) >= 11 is 0. The van der Waals surface area contributed by atoms with Gasteiger partial charge in [0.15, 0.2) is 5.82 Å². The highest BCUT2D eigenvalue weighted by molar-refractivity contribution is 5.92. The molecule has 8 heteroatoms. The molecule has 1 fully saturated rings. The third kappa shape index (κ3) is 5.96. The van der Waals surface area contributed by atoms with Crippen LogP contribution in [0, 0.1) is 11.7 Å². The van der Waals surface area contributed by atoms with Crippen molar-refractivity contribution in [3.63, 3.8) is 0 Å². The van der Waals surface area contributed by atoms with Crippen LogP contribution in [0.5, 0.6) is 6.01 Å². The molecule has 33 heavy (non-hydrogen) atoms. The van der Waals surface area contributed by atoms with E-state index in [0.717, 1.165) is 37.1 Å². The first-order valence-electron chi connectivity index (χ1n) is 11.5. The molecule has 1 N–H and O–H groups in total. The summed E-state index contributed by atoms with van der Waals surface area (Å²) in [7, 11) is 0. The quantitative estimate of drug-likeness (QED) is 0.462. The van der Waals surface area contributed by atoms with Gasteiger partial charge in [-0.25, -0.2) is 9.07 Å². The van der Waals surface area contributed by atoms with Crippen molar-refractivity contribution < 1.29 is 18.7 Å². The lowest BCUT2D eigenvalue weighted by atomic mass is 9.88. The van der Waals surface area contributed by atoms with Crippen LogP contribution in [0.4, 0.5) is 10.1 Å². The normalized spacial score (nSPS) is 14.2. The van der Waals surface area contributed by atoms with Crippen LogP contribution in [0.2, 0.25) is 0 Å². The number of nitrogens with one attached hydrogen (secondary N) is 1. The highest BCUT2D eigenvalue weighted by Gasteiger charge is 2.21. The molecule has 1 aliphatic carbocycles. The monoisotopic (exact) mass is 452 g/mol. The third-order valence-electron chi connectivity index (χ3n) is 5.69. The molecule has 1 aliphatic rings. The van der Waals surface area contributed by atoms with Gasteiger partial charge in [0, 0.05) is 23.8 Å². The Morgan fingerprint density at radius 1 is 1.12 bits per heavy atom. The highest BCUT2D eigenvalue weighted by atomic mass is 19.1. The number of rotatable bonds is 9. The van der Waals surface area contributed by atoms with Crippen molar-refractivity contribution in [1.29, 1.82) is 0 Å². The number of carbonyl (C=O) groups is 1. The zero-order chi connectivity index (χ0) is 23.0. The van der Waals surface area contributed by atoms with Crippen LogP contribution < -0.4 is 10.1 Å². The van der Waals surface area contributed by atoms with E-state index in [1.807, 2.05) is 31.2 Å². The van der Waals surface area contributed by atoms with Gasteiger partial charge in [-0.05, 0) is 56.2 Å². The smallest absolute Gasteiger partial charge is 0.336 e. The molecule has 3 aromatic rings. The predicted molar refractivity (Wildman–Crippen MR) is 124 cm³/mol. The molecule has 4 rings (SSSR count). The number of aromatic nitrogens is 3. The molecule has 2 aromatic carbocycles. The van der Waals surface area contributed by atoms with E-state index in [1.54, 1.807) is 16.8 Å². The summed E-state index contributed by atoms with van der Waals surface area (Å²) in [5, 5.41) is 7.48. The van der Waals surface area contributed by atoms with Crippen LogP contribution in [0.3, 0.4) is 0 Å². The summed E-state index contributed by atoms with van der Waals surface area (Å²) in [5.41, 5.74) is 2.03. The lowest BCUT2D eigenvalue weighted by Crippen LogP contribution is -2.24. The van der Waals surface area contributed by atoms with E-state index in [9.17, 15) is 9.18 Å². The minimum Gasteiger partial charge on any atom is -0.460 e. The second-order valence-corrected chi connectivity index (χ2v) is 8.06. The lowest BCUT2D eigenvalue weighted by molar-refractivity contribution is -0.120. The second-order valence-electron chi connectivity index (χ2n) is 8.06. The molecule has 1 heterocycles. The van der Waals surface area contributed by atoms with Crippen molar-refractivity contribution in [3.8, 4) is 23.1 Å². The van der Waals surface area contributed by atoms with Crippen LogP contribution in [-0.2, 0) is 9.53 Å². The molecule has 1 saturated carbocycles. The average molecular weight is 453 g/mol. The van der Waals surface area contributed by atoms with E-state index in [0.29, 0.717) is 31.2 Å². The van der Waals surface area contributed by atoms with Crippen LogP contribution in [-0.4, -0.2) is 40.5 Å². The lowest BCUT2D eigenvalue weighted by Gasteiger charge is -2.20. The van der Waals surface area contributed by atoms with E-state index in [2.05, 4.69) is 15.4 Å². The number of halogens is 1. The Hall–Kier alpha value is -3.26. The van der Waals surface area contributed by atoms with Crippen molar-refractivity contribution in [3.05, 3.63) is 54.3 Å².